The van der Waals surface area contributed by atoms with Crippen LogP contribution in [0.2, 0.25) is 0 Å². The van der Waals surface area contributed by atoms with E-state index < -0.39 is 6.10 Å². The predicted octanol–water partition coefficient (Wildman–Crippen LogP) is 1.88. The number of aliphatic hydroxyl groups excluding tert-OH is 1. The van der Waals surface area contributed by atoms with Crippen molar-refractivity contribution < 1.29 is 9.90 Å². The normalized spacial score (nSPS) is 20.6. The molecule has 0 radical (unpaired) electrons. The Bertz CT molecular complexity index is 456. The van der Waals surface area contributed by atoms with Crippen molar-refractivity contribution in [1.29, 1.82) is 0 Å². The van der Waals surface area contributed by atoms with Crippen molar-refractivity contribution in [3.63, 3.8) is 0 Å². The Morgan fingerprint density at radius 3 is 2.59 bits per heavy atom. The zero-order chi connectivity index (χ0) is 12.0. The molecular formula is C14H15NO2. The second-order valence-electron chi connectivity index (χ2n) is 4.81. The van der Waals surface area contributed by atoms with E-state index in [9.17, 15) is 9.90 Å². The SMILES string of the molecule is C=C1c2ccccc2C(=O)N1CC(O)C1CC1. The number of carbonyl (C=O) groups is 1. The fourth-order valence-electron chi connectivity index (χ4n) is 2.34. The maximum atomic E-state index is 12.1. The maximum Gasteiger partial charge on any atom is 0.259 e. The molecular weight excluding hydrogens is 214 g/mol. The second-order valence-corrected chi connectivity index (χ2v) is 4.81. The first-order valence-electron chi connectivity index (χ1n) is 5.96. The molecule has 3 nitrogen and oxygen atoms in total. The molecule has 1 aliphatic carbocycles. The molecule has 1 unspecified atom stereocenters. The van der Waals surface area contributed by atoms with Crippen LogP contribution in [-0.2, 0) is 0 Å². The zero-order valence-electron chi connectivity index (χ0n) is 9.60. The monoisotopic (exact) mass is 229 g/mol. The first-order chi connectivity index (χ1) is 8.18. The lowest BCUT2D eigenvalue weighted by Crippen LogP contribution is -2.32. The standard InChI is InChI=1S/C14H15NO2/c1-9-11-4-2-3-5-12(11)14(17)15(9)8-13(16)10-6-7-10/h2-5,10,13,16H,1,6-8H2. The van der Waals surface area contributed by atoms with Gasteiger partial charge >= 0.3 is 0 Å². The van der Waals surface area contributed by atoms with Gasteiger partial charge in [-0.15, -0.1) is 0 Å². The lowest BCUT2D eigenvalue weighted by molar-refractivity contribution is 0.0729. The molecule has 0 saturated heterocycles. The third kappa shape index (κ3) is 1.67. The molecule has 1 N–H and O–H groups in total. The zero-order valence-corrected chi connectivity index (χ0v) is 9.60. The van der Waals surface area contributed by atoms with Crippen LogP contribution in [0.1, 0.15) is 28.8 Å². The number of β-amino-alcohol motifs (C(OH)–C–C–N with tert-alkyl or cyclic N) is 1. The van der Waals surface area contributed by atoms with Gasteiger partial charge in [0.05, 0.1) is 12.6 Å². The van der Waals surface area contributed by atoms with Gasteiger partial charge in [0.15, 0.2) is 0 Å². The van der Waals surface area contributed by atoms with Gasteiger partial charge in [0.2, 0.25) is 0 Å². The van der Waals surface area contributed by atoms with E-state index in [-0.39, 0.29) is 5.91 Å². The van der Waals surface area contributed by atoms with Crippen molar-refractivity contribution in [2.24, 2.45) is 5.92 Å². The van der Waals surface area contributed by atoms with Crippen molar-refractivity contribution in [2.45, 2.75) is 18.9 Å². The van der Waals surface area contributed by atoms with E-state index in [1.807, 2.05) is 24.3 Å². The number of nitrogens with zero attached hydrogens (tertiary/aromatic N) is 1. The van der Waals surface area contributed by atoms with E-state index in [0.717, 1.165) is 18.4 Å². The highest BCUT2D eigenvalue weighted by atomic mass is 16.3. The van der Waals surface area contributed by atoms with Crippen LogP contribution in [0, 0.1) is 5.92 Å². The van der Waals surface area contributed by atoms with Gasteiger partial charge in [0.1, 0.15) is 0 Å². The van der Waals surface area contributed by atoms with Crippen LogP contribution in [0.25, 0.3) is 5.70 Å². The van der Waals surface area contributed by atoms with Crippen LogP contribution in [0.5, 0.6) is 0 Å². The molecule has 1 amide bonds. The summed E-state index contributed by atoms with van der Waals surface area (Å²) in [7, 11) is 0. The van der Waals surface area contributed by atoms with Crippen molar-refractivity contribution in [2.75, 3.05) is 6.54 Å². The Hall–Kier alpha value is -1.61. The lowest BCUT2D eigenvalue weighted by Gasteiger charge is -2.20. The molecule has 2 aliphatic rings. The second kappa shape index (κ2) is 3.70. The Morgan fingerprint density at radius 1 is 1.35 bits per heavy atom. The Labute approximate surface area is 100 Å². The molecule has 1 atom stereocenters. The third-order valence-corrected chi connectivity index (χ3v) is 3.58. The van der Waals surface area contributed by atoms with E-state index in [2.05, 4.69) is 6.58 Å². The first-order valence-corrected chi connectivity index (χ1v) is 5.96. The van der Waals surface area contributed by atoms with Crippen LogP contribution in [0.15, 0.2) is 30.8 Å². The van der Waals surface area contributed by atoms with Crippen molar-refractivity contribution in [3.8, 4) is 0 Å². The number of aliphatic hydroxyl groups is 1. The largest absolute Gasteiger partial charge is 0.391 e. The number of fused-ring (bicyclic) bond motifs is 1. The van der Waals surface area contributed by atoms with Crippen LogP contribution in [0.4, 0.5) is 0 Å². The van der Waals surface area contributed by atoms with Gasteiger partial charge in [-0.05, 0) is 24.8 Å². The topological polar surface area (TPSA) is 40.5 Å². The summed E-state index contributed by atoms with van der Waals surface area (Å²) in [6, 6.07) is 7.47. The fourth-order valence-corrected chi connectivity index (χ4v) is 2.34. The van der Waals surface area contributed by atoms with Gasteiger partial charge in [-0.2, -0.15) is 0 Å². The summed E-state index contributed by atoms with van der Waals surface area (Å²) < 4.78 is 0. The summed E-state index contributed by atoms with van der Waals surface area (Å²) in [5.41, 5.74) is 2.30. The van der Waals surface area contributed by atoms with Crippen LogP contribution in [0.3, 0.4) is 0 Å². The number of carbonyl (C=O) groups excluding carboxylic acids is 1. The number of benzene rings is 1. The molecule has 0 aromatic heterocycles. The summed E-state index contributed by atoms with van der Waals surface area (Å²) in [5, 5.41) is 9.93. The van der Waals surface area contributed by atoms with E-state index >= 15 is 0 Å². The first kappa shape index (κ1) is 10.5. The summed E-state index contributed by atoms with van der Waals surface area (Å²) in [6.45, 7) is 4.33. The van der Waals surface area contributed by atoms with Gasteiger partial charge in [0, 0.05) is 16.8 Å². The molecule has 3 heteroatoms. The summed E-state index contributed by atoms with van der Waals surface area (Å²) in [4.78, 5) is 13.7. The van der Waals surface area contributed by atoms with Gasteiger partial charge < -0.3 is 10.0 Å². The number of hydrogen-bond acceptors (Lipinski definition) is 2. The van der Waals surface area contributed by atoms with E-state index in [4.69, 9.17) is 0 Å². The quantitative estimate of drug-likeness (QED) is 0.859. The highest BCUT2D eigenvalue weighted by Crippen LogP contribution is 2.36. The van der Waals surface area contributed by atoms with E-state index in [1.54, 1.807) is 4.90 Å². The molecule has 1 fully saturated rings. The van der Waals surface area contributed by atoms with Gasteiger partial charge in [-0.1, -0.05) is 24.8 Å². The van der Waals surface area contributed by atoms with Gasteiger partial charge in [0.25, 0.3) is 5.91 Å². The molecule has 1 aliphatic heterocycles. The molecule has 0 bridgehead atoms. The molecule has 1 saturated carbocycles. The molecule has 1 aromatic rings. The Kier molecular flexibility index (Phi) is 2.30. The maximum absolute atomic E-state index is 12.1. The smallest absolute Gasteiger partial charge is 0.259 e. The molecule has 1 heterocycles. The van der Waals surface area contributed by atoms with Crippen LogP contribution >= 0.6 is 0 Å². The summed E-state index contributed by atoms with van der Waals surface area (Å²) in [5.74, 6) is 0.338. The molecule has 1 aromatic carbocycles. The van der Waals surface area contributed by atoms with Crippen molar-refractivity contribution >= 4 is 11.6 Å². The van der Waals surface area contributed by atoms with E-state index in [1.165, 1.54) is 0 Å². The molecule has 0 spiro atoms. The minimum atomic E-state index is -0.412. The number of amides is 1. The molecule has 88 valence electrons. The van der Waals surface area contributed by atoms with E-state index in [0.29, 0.717) is 23.7 Å². The van der Waals surface area contributed by atoms with Crippen molar-refractivity contribution in [3.05, 3.63) is 42.0 Å². The van der Waals surface area contributed by atoms with Gasteiger partial charge in [-0.25, -0.2) is 0 Å². The summed E-state index contributed by atoms with van der Waals surface area (Å²) >= 11 is 0. The minimum Gasteiger partial charge on any atom is -0.391 e. The minimum absolute atomic E-state index is 0.0368. The lowest BCUT2D eigenvalue weighted by atomic mass is 10.1. The molecule has 3 rings (SSSR count). The summed E-state index contributed by atoms with van der Waals surface area (Å²) in [6.07, 6.45) is 1.73. The number of hydrogen-bond donors (Lipinski definition) is 1. The fraction of sp³-hybridized carbons (Fsp3) is 0.357. The van der Waals surface area contributed by atoms with Crippen LogP contribution < -0.4 is 0 Å². The average Bonchev–Trinajstić information content (AvgIpc) is 3.15. The Morgan fingerprint density at radius 2 is 2.00 bits per heavy atom. The highest BCUT2D eigenvalue weighted by Gasteiger charge is 2.36. The van der Waals surface area contributed by atoms with Gasteiger partial charge in [-0.3, -0.25) is 4.79 Å². The highest BCUT2D eigenvalue weighted by molar-refractivity contribution is 6.08. The average molecular weight is 229 g/mol. The predicted molar refractivity (Wildman–Crippen MR) is 65.2 cm³/mol. The van der Waals surface area contributed by atoms with Crippen molar-refractivity contribution in [1.82, 2.24) is 4.90 Å². The Balaban J connectivity index is 1.84. The number of rotatable bonds is 3. The van der Waals surface area contributed by atoms with Crippen LogP contribution in [-0.4, -0.2) is 28.6 Å². The third-order valence-electron chi connectivity index (χ3n) is 3.58. The molecule has 17 heavy (non-hydrogen) atoms.